The van der Waals surface area contributed by atoms with Crippen molar-refractivity contribution in [2.24, 2.45) is 0 Å². The number of carbonyl (C=O) groups excluding carboxylic acids is 3. The molecule has 0 aliphatic rings. The molecule has 1 aromatic rings. The van der Waals surface area contributed by atoms with E-state index in [0.717, 1.165) is 7.11 Å². The highest BCUT2D eigenvalue weighted by Crippen LogP contribution is 2.09. The summed E-state index contributed by atoms with van der Waals surface area (Å²) in [7, 11) is 1.01. The molecular formula is C11H9ClNO5-. The molecule has 96 valence electrons. The Hall–Kier alpha value is -2.08. The number of aliphatic carboxylic acids is 1. The molecule has 0 spiro atoms. The minimum absolute atomic E-state index is 0.162. The Bertz CT molecular complexity index is 471. The number of esters is 1. The molecule has 1 amide bonds. The lowest BCUT2D eigenvalue weighted by Crippen LogP contribution is -2.53. The van der Waals surface area contributed by atoms with E-state index in [9.17, 15) is 19.5 Å². The van der Waals surface area contributed by atoms with E-state index in [1.807, 2.05) is 5.32 Å². The van der Waals surface area contributed by atoms with Gasteiger partial charge in [0.15, 0.2) is 6.04 Å². The van der Waals surface area contributed by atoms with Crippen LogP contribution in [0, 0.1) is 0 Å². The zero-order valence-corrected chi connectivity index (χ0v) is 10.1. The summed E-state index contributed by atoms with van der Waals surface area (Å²) in [6.07, 6.45) is 0. The first-order chi connectivity index (χ1) is 8.45. The lowest BCUT2D eigenvalue weighted by atomic mass is 10.2. The number of halogens is 1. The minimum Gasteiger partial charge on any atom is -0.547 e. The third-order valence-electron chi connectivity index (χ3n) is 2.05. The van der Waals surface area contributed by atoms with Crippen molar-refractivity contribution >= 4 is 29.4 Å². The number of ether oxygens (including phenoxy) is 1. The summed E-state index contributed by atoms with van der Waals surface area (Å²) in [5, 5.41) is 13.1. The summed E-state index contributed by atoms with van der Waals surface area (Å²) in [5.41, 5.74) is 0.162. The molecule has 0 aliphatic heterocycles. The first-order valence-electron chi connectivity index (χ1n) is 4.81. The zero-order valence-electron chi connectivity index (χ0n) is 9.31. The van der Waals surface area contributed by atoms with Crippen molar-refractivity contribution in [2.45, 2.75) is 6.04 Å². The van der Waals surface area contributed by atoms with Gasteiger partial charge in [0.1, 0.15) is 0 Å². The van der Waals surface area contributed by atoms with Crippen LogP contribution in [-0.4, -0.2) is 31.0 Å². The Kier molecular flexibility index (Phi) is 4.67. The molecule has 0 bridgehead atoms. The molecule has 0 aliphatic carbocycles. The van der Waals surface area contributed by atoms with Gasteiger partial charge in [0.05, 0.1) is 13.1 Å². The van der Waals surface area contributed by atoms with Crippen LogP contribution in [0.15, 0.2) is 24.3 Å². The molecule has 1 N–H and O–H groups in total. The number of nitrogens with one attached hydrogen (secondary N) is 1. The second-order valence-corrected chi connectivity index (χ2v) is 3.69. The predicted molar refractivity (Wildman–Crippen MR) is 59.7 cm³/mol. The van der Waals surface area contributed by atoms with Gasteiger partial charge in [-0.2, -0.15) is 0 Å². The van der Waals surface area contributed by atoms with Crippen LogP contribution in [0.25, 0.3) is 0 Å². The number of benzene rings is 1. The zero-order chi connectivity index (χ0) is 13.7. The van der Waals surface area contributed by atoms with E-state index in [1.54, 1.807) is 0 Å². The number of rotatable bonds is 4. The second-order valence-electron chi connectivity index (χ2n) is 3.26. The monoisotopic (exact) mass is 270 g/mol. The van der Waals surface area contributed by atoms with Crippen LogP contribution >= 0.6 is 11.6 Å². The van der Waals surface area contributed by atoms with Gasteiger partial charge in [-0.25, -0.2) is 4.79 Å². The summed E-state index contributed by atoms with van der Waals surface area (Å²) in [4.78, 5) is 33.4. The van der Waals surface area contributed by atoms with E-state index in [4.69, 9.17) is 11.6 Å². The summed E-state index contributed by atoms with van der Waals surface area (Å²) < 4.78 is 4.23. The highest BCUT2D eigenvalue weighted by Gasteiger charge is 2.23. The van der Waals surface area contributed by atoms with Crippen LogP contribution in [0.2, 0.25) is 5.02 Å². The van der Waals surface area contributed by atoms with Gasteiger partial charge in [-0.3, -0.25) is 4.79 Å². The van der Waals surface area contributed by atoms with E-state index in [1.165, 1.54) is 24.3 Å². The van der Waals surface area contributed by atoms with Gasteiger partial charge < -0.3 is 20.0 Å². The fourth-order valence-corrected chi connectivity index (χ4v) is 1.27. The number of amides is 1. The summed E-state index contributed by atoms with van der Waals surface area (Å²) in [6.45, 7) is 0. The van der Waals surface area contributed by atoms with Crippen LogP contribution in [0.5, 0.6) is 0 Å². The minimum atomic E-state index is -1.85. The van der Waals surface area contributed by atoms with Gasteiger partial charge in [0.25, 0.3) is 5.91 Å². The molecule has 1 rings (SSSR count). The number of carboxylic acid groups (broad SMARTS) is 1. The maximum atomic E-state index is 11.6. The standard InChI is InChI=1S/C11H10ClNO5/c1-18-11(17)8(10(15)16)13-9(14)6-2-4-7(12)5-3-6/h2-5,8H,1H3,(H,13,14)(H,15,16)/p-1. The van der Waals surface area contributed by atoms with E-state index < -0.39 is 23.9 Å². The van der Waals surface area contributed by atoms with Crippen molar-refractivity contribution in [2.75, 3.05) is 7.11 Å². The average Bonchev–Trinajstić information content (AvgIpc) is 2.35. The lowest BCUT2D eigenvalue weighted by molar-refractivity contribution is -0.307. The Morgan fingerprint density at radius 2 is 1.83 bits per heavy atom. The van der Waals surface area contributed by atoms with Crippen LogP contribution < -0.4 is 10.4 Å². The van der Waals surface area contributed by atoms with Crippen molar-refractivity contribution in [1.82, 2.24) is 5.32 Å². The van der Waals surface area contributed by atoms with Crippen LogP contribution in [0.4, 0.5) is 0 Å². The van der Waals surface area contributed by atoms with Gasteiger partial charge >= 0.3 is 5.97 Å². The van der Waals surface area contributed by atoms with Crippen LogP contribution in [0.1, 0.15) is 10.4 Å². The normalized spacial score (nSPS) is 11.4. The number of hydrogen-bond donors (Lipinski definition) is 1. The highest BCUT2D eigenvalue weighted by molar-refractivity contribution is 6.30. The fourth-order valence-electron chi connectivity index (χ4n) is 1.15. The number of hydrogen-bond acceptors (Lipinski definition) is 5. The smallest absolute Gasteiger partial charge is 0.334 e. The van der Waals surface area contributed by atoms with Gasteiger partial charge in [0, 0.05) is 10.6 Å². The Labute approximate surface area is 108 Å². The molecule has 6 nitrogen and oxygen atoms in total. The fraction of sp³-hybridized carbons (Fsp3) is 0.182. The summed E-state index contributed by atoms with van der Waals surface area (Å²) in [6, 6.07) is 3.85. The van der Waals surface area contributed by atoms with Crippen molar-refractivity contribution in [3.63, 3.8) is 0 Å². The van der Waals surface area contributed by atoms with E-state index in [2.05, 4.69) is 4.74 Å². The number of carboxylic acids is 1. The van der Waals surface area contributed by atoms with Gasteiger partial charge in [-0.1, -0.05) is 11.6 Å². The van der Waals surface area contributed by atoms with Crippen molar-refractivity contribution < 1.29 is 24.2 Å². The molecule has 0 saturated heterocycles. The largest absolute Gasteiger partial charge is 0.547 e. The topological polar surface area (TPSA) is 95.5 Å². The molecule has 0 heterocycles. The quantitative estimate of drug-likeness (QED) is 0.580. The molecule has 0 fully saturated rings. The van der Waals surface area contributed by atoms with Gasteiger partial charge in [-0.15, -0.1) is 0 Å². The van der Waals surface area contributed by atoms with E-state index >= 15 is 0 Å². The Morgan fingerprint density at radius 3 is 2.28 bits per heavy atom. The molecule has 1 aromatic carbocycles. The molecule has 18 heavy (non-hydrogen) atoms. The van der Waals surface area contributed by atoms with E-state index in [-0.39, 0.29) is 5.56 Å². The Balaban J connectivity index is 2.82. The molecule has 7 heteroatoms. The summed E-state index contributed by atoms with van der Waals surface area (Å²) in [5.74, 6) is -3.60. The highest BCUT2D eigenvalue weighted by atomic mass is 35.5. The van der Waals surface area contributed by atoms with Crippen LogP contribution in [0.3, 0.4) is 0 Å². The predicted octanol–water partition coefficient (Wildman–Crippen LogP) is -0.639. The Morgan fingerprint density at radius 1 is 1.28 bits per heavy atom. The first-order valence-corrected chi connectivity index (χ1v) is 5.18. The maximum Gasteiger partial charge on any atom is 0.334 e. The number of carbonyl (C=O) groups is 3. The third kappa shape index (κ3) is 3.46. The molecule has 1 atom stereocenters. The second kappa shape index (κ2) is 6.02. The van der Waals surface area contributed by atoms with Crippen molar-refractivity contribution in [1.29, 1.82) is 0 Å². The molecule has 0 aromatic heterocycles. The number of methoxy groups -OCH3 is 1. The molecule has 0 saturated carbocycles. The molecular weight excluding hydrogens is 262 g/mol. The summed E-state index contributed by atoms with van der Waals surface area (Å²) >= 11 is 5.64. The SMILES string of the molecule is COC(=O)C(NC(=O)c1ccc(Cl)cc1)C(=O)[O-]. The molecule has 0 radical (unpaired) electrons. The average molecular weight is 271 g/mol. The van der Waals surface area contributed by atoms with Crippen molar-refractivity contribution in [3.8, 4) is 0 Å². The third-order valence-corrected chi connectivity index (χ3v) is 2.31. The van der Waals surface area contributed by atoms with Crippen LogP contribution in [-0.2, 0) is 14.3 Å². The molecule has 1 unspecified atom stereocenters. The lowest BCUT2D eigenvalue weighted by Gasteiger charge is -2.17. The van der Waals surface area contributed by atoms with Gasteiger partial charge in [-0.05, 0) is 24.3 Å². The first kappa shape index (κ1) is 14.0. The maximum absolute atomic E-state index is 11.6. The van der Waals surface area contributed by atoms with Gasteiger partial charge in [0.2, 0.25) is 0 Å². The van der Waals surface area contributed by atoms with E-state index in [0.29, 0.717) is 5.02 Å². The van der Waals surface area contributed by atoms with Crippen molar-refractivity contribution in [3.05, 3.63) is 34.9 Å².